The molecule has 4 aromatic rings. The van der Waals surface area contributed by atoms with E-state index in [1.165, 1.54) is 4.52 Å². The van der Waals surface area contributed by atoms with Crippen molar-refractivity contribution in [2.75, 3.05) is 27.2 Å². The van der Waals surface area contributed by atoms with Gasteiger partial charge >= 0.3 is 5.69 Å². The number of amides is 1. The summed E-state index contributed by atoms with van der Waals surface area (Å²) in [5.41, 5.74) is 2.20. The first-order chi connectivity index (χ1) is 18.6. The zero-order valence-corrected chi connectivity index (χ0v) is 24.4. The number of aromatic nitrogens is 4. The van der Waals surface area contributed by atoms with E-state index in [-0.39, 0.29) is 18.1 Å². The molecule has 0 radical (unpaired) electrons. The quantitative estimate of drug-likeness (QED) is 0.281. The molecule has 0 saturated heterocycles. The lowest BCUT2D eigenvalue weighted by Gasteiger charge is -2.41. The smallest absolute Gasteiger partial charge is 0.326 e. The standard InChI is InChI=1S/C30H37ClN6O2/c1-7-30(4,36(19-11-18-34(5)6)27(38)24-16-14-21(2)15-17-24)28-32-26-25(31)22(3)33-37(26)29(39)35(28)20-23-12-9-8-10-13-23/h8-10,12-17H,7,11,18-20H2,1-6H3. The molecule has 206 valence electrons. The Hall–Kier alpha value is -3.49. The minimum atomic E-state index is -0.911. The minimum Gasteiger partial charge on any atom is -0.326 e. The molecule has 0 spiro atoms. The highest BCUT2D eigenvalue weighted by atomic mass is 35.5. The van der Waals surface area contributed by atoms with E-state index in [0.29, 0.717) is 40.7 Å². The molecule has 2 aromatic heterocycles. The molecule has 4 rings (SSSR count). The molecule has 0 aliphatic heterocycles. The number of carbonyl (C=O) groups is 1. The van der Waals surface area contributed by atoms with E-state index in [9.17, 15) is 9.59 Å². The summed E-state index contributed by atoms with van der Waals surface area (Å²) < 4.78 is 2.90. The summed E-state index contributed by atoms with van der Waals surface area (Å²) >= 11 is 6.58. The van der Waals surface area contributed by atoms with Gasteiger partial charge in [0.1, 0.15) is 10.8 Å². The number of nitrogens with zero attached hydrogens (tertiary/aromatic N) is 6. The van der Waals surface area contributed by atoms with Crippen LogP contribution in [0.3, 0.4) is 0 Å². The summed E-state index contributed by atoms with van der Waals surface area (Å²) in [6, 6.07) is 17.4. The minimum absolute atomic E-state index is 0.103. The van der Waals surface area contributed by atoms with Crippen LogP contribution in [0.5, 0.6) is 0 Å². The van der Waals surface area contributed by atoms with Gasteiger partial charge in [-0.3, -0.25) is 9.36 Å². The Bertz CT molecular complexity index is 1510. The van der Waals surface area contributed by atoms with Crippen LogP contribution in [-0.2, 0) is 12.1 Å². The summed E-state index contributed by atoms with van der Waals surface area (Å²) in [6.07, 6.45) is 1.30. The Morgan fingerprint density at radius 3 is 2.31 bits per heavy atom. The first kappa shape index (κ1) is 28.5. The van der Waals surface area contributed by atoms with Crippen molar-refractivity contribution in [3.8, 4) is 0 Å². The van der Waals surface area contributed by atoms with Gasteiger partial charge in [0.25, 0.3) is 5.91 Å². The van der Waals surface area contributed by atoms with Crippen molar-refractivity contribution in [1.29, 1.82) is 0 Å². The first-order valence-corrected chi connectivity index (χ1v) is 13.7. The lowest BCUT2D eigenvalue weighted by atomic mass is 9.92. The van der Waals surface area contributed by atoms with Gasteiger partial charge in [0.05, 0.1) is 17.8 Å². The predicted octanol–water partition coefficient (Wildman–Crippen LogP) is 4.93. The molecule has 1 atom stereocenters. The third kappa shape index (κ3) is 5.77. The number of aryl methyl sites for hydroxylation is 2. The number of halogens is 1. The fourth-order valence-electron chi connectivity index (χ4n) is 4.85. The van der Waals surface area contributed by atoms with Crippen LogP contribution in [0.4, 0.5) is 0 Å². The topological polar surface area (TPSA) is 75.7 Å². The van der Waals surface area contributed by atoms with Gasteiger partial charge in [-0.15, -0.1) is 0 Å². The molecule has 0 aliphatic carbocycles. The van der Waals surface area contributed by atoms with Gasteiger partial charge in [-0.2, -0.15) is 9.61 Å². The highest BCUT2D eigenvalue weighted by Crippen LogP contribution is 2.33. The second-order valence-corrected chi connectivity index (χ2v) is 10.9. The Kier molecular flexibility index (Phi) is 8.57. The zero-order valence-electron chi connectivity index (χ0n) is 23.6. The Morgan fingerprint density at radius 1 is 1.03 bits per heavy atom. The van der Waals surface area contributed by atoms with Crippen LogP contribution < -0.4 is 5.69 Å². The lowest BCUT2D eigenvalue weighted by Crippen LogP contribution is -2.52. The second-order valence-electron chi connectivity index (χ2n) is 10.5. The largest absolute Gasteiger partial charge is 0.352 e. The monoisotopic (exact) mass is 548 g/mol. The molecule has 2 heterocycles. The Morgan fingerprint density at radius 2 is 1.69 bits per heavy atom. The lowest BCUT2D eigenvalue weighted by molar-refractivity contribution is 0.0438. The number of fused-ring (bicyclic) bond motifs is 1. The summed E-state index contributed by atoms with van der Waals surface area (Å²) in [6.45, 7) is 9.36. The third-order valence-corrected chi connectivity index (χ3v) is 7.77. The normalized spacial score (nSPS) is 13.1. The molecule has 0 fully saturated rings. The van der Waals surface area contributed by atoms with Crippen molar-refractivity contribution in [1.82, 2.24) is 29.0 Å². The molecular formula is C30H37ClN6O2. The van der Waals surface area contributed by atoms with E-state index >= 15 is 0 Å². The van der Waals surface area contributed by atoms with Crippen LogP contribution >= 0.6 is 11.6 Å². The van der Waals surface area contributed by atoms with Crippen LogP contribution in [0.15, 0.2) is 59.4 Å². The number of rotatable bonds is 10. The average Bonchev–Trinajstić information content (AvgIpc) is 3.21. The number of benzene rings is 2. The number of hydrogen-bond acceptors (Lipinski definition) is 5. The maximum atomic E-state index is 14.2. The van der Waals surface area contributed by atoms with Crippen LogP contribution in [0, 0.1) is 13.8 Å². The molecule has 9 heteroatoms. The molecule has 2 aromatic carbocycles. The molecule has 8 nitrogen and oxygen atoms in total. The molecule has 0 N–H and O–H groups in total. The van der Waals surface area contributed by atoms with Crippen LogP contribution in [0.2, 0.25) is 5.02 Å². The molecule has 0 saturated carbocycles. The van der Waals surface area contributed by atoms with Gasteiger partial charge in [0, 0.05) is 12.1 Å². The summed E-state index contributed by atoms with van der Waals surface area (Å²) in [4.78, 5) is 37.0. The van der Waals surface area contributed by atoms with Gasteiger partial charge in [-0.1, -0.05) is 66.6 Å². The highest BCUT2D eigenvalue weighted by molar-refractivity contribution is 6.34. The van der Waals surface area contributed by atoms with Crippen molar-refractivity contribution >= 4 is 23.2 Å². The van der Waals surface area contributed by atoms with Crippen molar-refractivity contribution in [3.63, 3.8) is 0 Å². The van der Waals surface area contributed by atoms with E-state index in [1.54, 1.807) is 11.5 Å². The summed E-state index contributed by atoms with van der Waals surface area (Å²) in [7, 11) is 4.03. The first-order valence-electron chi connectivity index (χ1n) is 13.3. The molecule has 0 bridgehead atoms. The van der Waals surface area contributed by atoms with Crippen LogP contribution in [-0.4, -0.2) is 62.1 Å². The van der Waals surface area contributed by atoms with Crippen molar-refractivity contribution in [2.45, 2.75) is 52.6 Å². The average molecular weight is 549 g/mol. The van der Waals surface area contributed by atoms with Crippen molar-refractivity contribution in [3.05, 3.63) is 98.3 Å². The van der Waals surface area contributed by atoms with Gasteiger partial charge < -0.3 is 9.80 Å². The fraction of sp³-hybridized carbons (Fsp3) is 0.400. The molecule has 39 heavy (non-hydrogen) atoms. The molecular weight excluding hydrogens is 512 g/mol. The van der Waals surface area contributed by atoms with Gasteiger partial charge in [-0.25, -0.2) is 9.78 Å². The fourth-order valence-corrected chi connectivity index (χ4v) is 5.01. The van der Waals surface area contributed by atoms with E-state index in [2.05, 4.69) is 10.00 Å². The van der Waals surface area contributed by atoms with Gasteiger partial charge in [0.15, 0.2) is 5.65 Å². The SMILES string of the molecule is CCC(C)(c1nc2c(Cl)c(C)nn2c(=O)n1Cc1ccccc1)N(CCCN(C)C)C(=O)c1ccc(C)cc1. The van der Waals surface area contributed by atoms with Gasteiger partial charge in [0.2, 0.25) is 0 Å². The maximum Gasteiger partial charge on any atom is 0.352 e. The summed E-state index contributed by atoms with van der Waals surface area (Å²) in [5.74, 6) is 0.382. The zero-order chi connectivity index (χ0) is 28.3. The van der Waals surface area contributed by atoms with Crippen LogP contribution in [0.25, 0.3) is 5.65 Å². The molecule has 0 aliphatic rings. The van der Waals surface area contributed by atoms with E-state index in [0.717, 1.165) is 24.1 Å². The second kappa shape index (κ2) is 11.7. The Balaban J connectivity index is 1.94. The molecule has 1 unspecified atom stereocenters. The predicted molar refractivity (Wildman–Crippen MR) is 156 cm³/mol. The van der Waals surface area contributed by atoms with E-state index < -0.39 is 5.54 Å². The number of hydrogen-bond donors (Lipinski definition) is 0. The highest BCUT2D eigenvalue weighted by Gasteiger charge is 2.40. The van der Waals surface area contributed by atoms with Crippen molar-refractivity contribution in [2.24, 2.45) is 0 Å². The van der Waals surface area contributed by atoms with Crippen LogP contribution in [0.1, 0.15) is 59.7 Å². The Labute approximate surface area is 234 Å². The third-order valence-electron chi connectivity index (χ3n) is 7.32. The summed E-state index contributed by atoms with van der Waals surface area (Å²) in [5, 5.41) is 4.71. The maximum absolute atomic E-state index is 14.2. The van der Waals surface area contributed by atoms with E-state index in [4.69, 9.17) is 16.6 Å². The molecule has 1 amide bonds. The van der Waals surface area contributed by atoms with Gasteiger partial charge in [-0.05, 0) is 71.9 Å². The number of carbonyl (C=O) groups excluding carboxylic acids is 1. The van der Waals surface area contributed by atoms with E-state index in [1.807, 2.05) is 94.4 Å². The van der Waals surface area contributed by atoms with Crippen molar-refractivity contribution < 1.29 is 4.79 Å².